The van der Waals surface area contributed by atoms with Gasteiger partial charge < -0.3 is 4.12 Å². The molecule has 0 aliphatic rings. The van der Waals surface area contributed by atoms with E-state index in [0.29, 0.717) is 0 Å². The van der Waals surface area contributed by atoms with Crippen molar-refractivity contribution < 1.29 is 4.12 Å². The van der Waals surface area contributed by atoms with Gasteiger partial charge in [-0.3, -0.25) is 0 Å². The molecule has 49 valence electrons. The molecule has 8 heavy (non-hydrogen) atoms. The molecule has 0 aliphatic heterocycles. The third-order valence-electron chi connectivity index (χ3n) is 1.40. The normalized spacial score (nSPS) is 16.5. The van der Waals surface area contributed by atoms with Crippen molar-refractivity contribution in [1.82, 2.24) is 0 Å². The second-order valence-corrected chi connectivity index (χ2v) is 6.30. The molecular formula is C5H15OSi2. The summed E-state index contributed by atoms with van der Waals surface area (Å²) in [5, 5.41) is 0. The van der Waals surface area contributed by atoms with E-state index >= 15 is 0 Å². The average molecular weight is 147 g/mol. The van der Waals surface area contributed by atoms with Crippen LogP contribution in [0.2, 0.25) is 5.54 Å². The van der Waals surface area contributed by atoms with E-state index in [4.69, 9.17) is 4.12 Å². The molecule has 1 nitrogen and oxygen atoms in total. The molecule has 0 aromatic heterocycles. The molecular weight excluding hydrogens is 132 g/mol. The molecule has 1 radical (unpaired) electrons. The summed E-state index contributed by atoms with van der Waals surface area (Å²) >= 11 is 0. The molecule has 0 saturated carbocycles. The summed E-state index contributed by atoms with van der Waals surface area (Å²) in [6, 6.07) is 0. The van der Waals surface area contributed by atoms with Crippen LogP contribution in [-0.2, 0) is 4.12 Å². The Morgan fingerprint density at radius 2 is 2.12 bits per heavy atom. The van der Waals surface area contributed by atoms with Crippen molar-refractivity contribution in [3.63, 3.8) is 0 Å². The minimum Gasteiger partial charge on any atom is -0.468 e. The Hall–Kier alpha value is 0.394. The van der Waals surface area contributed by atoms with Crippen LogP contribution in [0, 0.1) is 5.92 Å². The maximum Gasteiger partial charge on any atom is 0.149 e. The van der Waals surface area contributed by atoms with Crippen molar-refractivity contribution in [2.45, 2.75) is 26.3 Å². The van der Waals surface area contributed by atoms with E-state index in [1.165, 1.54) is 5.92 Å². The fraction of sp³-hybridized carbons (Fsp3) is 0.800. The molecule has 3 heteroatoms. The average Bonchev–Trinajstić information content (AvgIpc) is 1.67. The van der Waals surface area contributed by atoms with E-state index in [1.54, 1.807) is 0 Å². The van der Waals surface area contributed by atoms with E-state index in [1.807, 2.05) is 0 Å². The zero-order valence-electron chi connectivity index (χ0n) is 6.19. The van der Waals surface area contributed by atoms with E-state index in [0.717, 1.165) is 16.0 Å². The molecule has 0 rings (SSSR count). The van der Waals surface area contributed by atoms with Crippen molar-refractivity contribution >= 4 is 20.2 Å². The summed E-state index contributed by atoms with van der Waals surface area (Å²) in [5.74, 6) is 1.52. The molecule has 0 spiro atoms. The first-order valence-electron chi connectivity index (χ1n) is 2.97. The minimum atomic E-state index is -0.177. The summed E-state index contributed by atoms with van der Waals surface area (Å²) in [6.45, 7) is 6.61. The third-order valence-corrected chi connectivity index (χ3v) is 4.05. The quantitative estimate of drug-likeness (QED) is 0.502. The molecule has 0 aromatic rings. The summed E-state index contributed by atoms with van der Waals surface area (Å²) in [4.78, 5) is 0. The molecule has 0 heterocycles. The van der Waals surface area contributed by atoms with Gasteiger partial charge in [0.05, 0.1) is 0 Å². The molecule has 0 bridgehead atoms. The van der Waals surface area contributed by atoms with Gasteiger partial charge in [-0.25, -0.2) is 0 Å². The van der Waals surface area contributed by atoms with Gasteiger partial charge in [-0.15, -0.1) is 0 Å². The Morgan fingerprint density at radius 1 is 1.62 bits per heavy atom. The molecule has 0 aromatic carbocycles. The first-order valence-corrected chi connectivity index (χ1v) is 5.18. The predicted octanol–water partition coefficient (Wildman–Crippen LogP) is -0.210. The van der Waals surface area contributed by atoms with Gasteiger partial charge in [-0.05, 0) is 11.5 Å². The summed E-state index contributed by atoms with van der Waals surface area (Å²) < 4.78 is 5.22. The standard InChI is InChI=1S/C5H15OSi2/c1-4(2)5(3)8-6-7/h5H,8H2,1-3,7H3. The van der Waals surface area contributed by atoms with Crippen molar-refractivity contribution in [2.24, 2.45) is 0 Å². The summed E-state index contributed by atoms with van der Waals surface area (Å²) in [7, 11) is 0.754. The first kappa shape index (κ1) is 8.39. The van der Waals surface area contributed by atoms with E-state index in [2.05, 4.69) is 20.8 Å². The fourth-order valence-corrected chi connectivity index (χ4v) is 2.75. The van der Waals surface area contributed by atoms with Crippen LogP contribution in [0.5, 0.6) is 0 Å². The van der Waals surface area contributed by atoms with Gasteiger partial charge in [0.15, 0.2) is 0 Å². The van der Waals surface area contributed by atoms with Crippen LogP contribution in [0.15, 0.2) is 0 Å². The van der Waals surface area contributed by atoms with E-state index in [-0.39, 0.29) is 9.76 Å². The lowest BCUT2D eigenvalue weighted by Crippen LogP contribution is -2.07. The van der Waals surface area contributed by atoms with Crippen molar-refractivity contribution in [2.75, 3.05) is 0 Å². The van der Waals surface area contributed by atoms with Gasteiger partial charge in [0.2, 0.25) is 0 Å². The van der Waals surface area contributed by atoms with Crippen molar-refractivity contribution in [3.05, 3.63) is 5.92 Å². The third kappa shape index (κ3) is 3.40. The van der Waals surface area contributed by atoms with Gasteiger partial charge in [0.25, 0.3) is 0 Å². The van der Waals surface area contributed by atoms with Crippen LogP contribution in [0.4, 0.5) is 0 Å². The van der Waals surface area contributed by atoms with Crippen molar-refractivity contribution in [3.8, 4) is 0 Å². The van der Waals surface area contributed by atoms with Crippen LogP contribution in [0.1, 0.15) is 20.8 Å². The highest BCUT2D eigenvalue weighted by Crippen LogP contribution is 2.15. The molecule has 0 amide bonds. The molecule has 0 fully saturated rings. The fourth-order valence-electron chi connectivity index (χ4n) is 0.417. The first-order chi connectivity index (χ1) is 3.68. The Kier molecular flexibility index (Phi) is 4.50. The van der Waals surface area contributed by atoms with E-state index in [9.17, 15) is 0 Å². The highest BCUT2D eigenvalue weighted by molar-refractivity contribution is 6.36. The van der Waals surface area contributed by atoms with Gasteiger partial charge in [-0.2, -0.15) is 0 Å². The maximum atomic E-state index is 5.22. The Balaban J connectivity index is 3.17. The second-order valence-electron chi connectivity index (χ2n) is 2.43. The smallest absolute Gasteiger partial charge is 0.149 e. The largest absolute Gasteiger partial charge is 0.468 e. The lowest BCUT2D eigenvalue weighted by molar-refractivity contribution is 0.638. The zero-order valence-corrected chi connectivity index (χ0v) is 9.61. The van der Waals surface area contributed by atoms with E-state index < -0.39 is 0 Å². The Labute approximate surface area is 57.3 Å². The molecule has 0 aliphatic carbocycles. The highest BCUT2D eigenvalue weighted by atomic mass is 28.3. The second kappa shape index (κ2) is 4.29. The molecule has 1 atom stereocenters. The Bertz CT molecular complexity index is 56.4. The van der Waals surface area contributed by atoms with Crippen LogP contribution in [0.3, 0.4) is 0 Å². The summed E-state index contributed by atoms with van der Waals surface area (Å²) in [6.07, 6.45) is 0. The van der Waals surface area contributed by atoms with Gasteiger partial charge in [-0.1, -0.05) is 20.8 Å². The predicted molar refractivity (Wildman–Crippen MR) is 43.6 cm³/mol. The lowest BCUT2D eigenvalue weighted by atomic mass is 10.1. The molecule has 0 N–H and O–H groups in total. The van der Waals surface area contributed by atoms with Gasteiger partial charge in [0.1, 0.15) is 20.2 Å². The Morgan fingerprint density at radius 3 is 2.25 bits per heavy atom. The molecule has 0 saturated heterocycles. The number of hydrogen-bond donors (Lipinski definition) is 0. The lowest BCUT2D eigenvalue weighted by Gasteiger charge is -2.11. The number of hydrogen-bond acceptors (Lipinski definition) is 1. The number of rotatable bonds is 3. The van der Waals surface area contributed by atoms with Crippen molar-refractivity contribution in [1.29, 1.82) is 0 Å². The topological polar surface area (TPSA) is 9.23 Å². The summed E-state index contributed by atoms with van der Waals surface area (Å²) in [5.41, 5.74) is 0.785. The monoisotopic (exact) mass is 147 g/mol. The maximum absolute atomic E-state index is 5.22. The highest BCUT2D eigenvalue weighted by Gasteiger charge is 2.05. The minimum absolute atomic E-state index is 0.177. The van der Waals surface area contributed by atoms with Crippen LogP contribution in [0.25, 0.3) is 0 Å². The van der Waals surface area contributed by atoms with Gasteiger partial charge >= 0.3 is 0 Å². The molecule has 1 unspecified atom stereocenters. The van der Waals surface area contributed by atoms with Gasteiger partial charge in [0, 0.05) is 0 Å². The van der Waals surface area contributed by atoms with Crippen LogP contribution >= 0.6 is 0 Å². The SMILES string of the molecule is C[C](C)C(C)[SiH2]O[SiH3]. The van der Waals surface area contributed by atoms with Crippen LogP contribution in [-0.4, -0.2) is 20.2 Å². The van der Waals surface area contributed by atoms with Crippen LogP contribution < -0.4 is 0 Å². The zero-order chi connectivity index (χ0) is 6.57.